The fourth-order valence-corrected chi connectivity index (χ4v) is 9.68. The van der Waals surface area contributed by atoms with Gasteiger partial charge < -0.3 is 45.4 Å². The van der Waals surface area contributed by atoms with Crippen LogP contribution in [0.1, 0.15) is 73.7 Å². The first-order valence-electron chi connectivity index (χ1n) is 21.9. The first-order valence-corrected chi connectivity index (χ1v) is 24.6. The summed E-state index contributed by atoms with van der Waals surface area (Å²) in [7, 11) is 2.42. The van der Waals surface area contributed by atoms with Crippen molar-refractivity contribution in [3.63, 3.8) is 0 Å². The zero-order valence-electron chi connectivity index (χ0n) is 37.7. The molecule has 0 bridgehead atoms. The van der Waals surface area contributed by atoms with Gasteiger partial charge in [-0.15, -0.1) is 11.8 Å². The molecule has 3 aliphatic heterocycles. The van der Waals surface area contributed by atoms with E-state index in [1.807, 2.05) is 36.8 Å². The lowest BCUT2D eigenvalue weighted by atomic mass is 10.0. The molecule has 3 aromatic carbocycles. The van der Waals surface area contributed by atoms with Gasteiger partial charge in [0.25, 0.3) is 0 Å². The fraction of sp³-hybridized carbons (Fsp3) is 0.447. The zero-order valence-corrected chi connectivity index (χ0v) is 39.3. The molecule has 0 aliphatic carbocycles. The van der Waals surface area contributed by atoms with E-state index < -0.39 is 54.0 Å². The highest BCUT2D eigenvalue weighted by molar-refractivity contribution is 8.01. The van der Waals surface area contributed by atoms with Crippen LogP contribution in [0, 0.1) is 0 Å². The van der Waals surface area contributed by atoms with E-state index in [1.165, 1.54) is 59.7 Å². The number of carbonyl (C=O) groups is 6. The zero-order chi connectivity index (χ0) is 48.3. The molecule has 6 atom stereocenters. The van der Waals surface area contributed by atoms with Crippen molar-refractivity contribution in [3.05, 3.63) is 101 Å². The predicted molar refractivity (Wildman–Crippen MR) is 253 cm³/mol. The summed E-state index contributed by atoms with van der Waals surface area (Å²) in [6.07, 6.45) is 3.01. The van der Waals surface area contributed by atoms with Crippen molar-refractivity contribution in [3.8, 4) is 0 Å². The number of alkyl carbamates (subject to hydrolysis) is 2. The molecule has 15 nitrogen and oxygen atoms in total. The van der Waals surface area contributed by atoms with E-state index in [-0.39, 0.29) is 29.8 Å². The van der Waals surface area contributed by atoms with Gasteiger partial charge in [0.05, 0.1) is 31.9 Å². The van der Waals surface area contributed by atoms with E-state index in [9.17, 15) is 41.9 Å². The summed E-state index contributed by atoms with van der Waals surface area (Å²) in [5, 5.41) is 12.7. The molecule has 3 saturated heterocycles. The largest absolute Gasteiger partial charge is 0.453 e. The Balaban J connectivity index is 1.16. The van der Waals surface area contributed by atoms with E-state index >= 15 is 0 Å². The number of hydrogen-bond acceptors (Lipinski definition) is 11. The van der Waals surface area contributed by atoms with Crippen molar-refractivity contribution in [1.29, 1.82) is 0 Å². The number of rotatable bonds is 16. The number of halogens is 3. The third kappa shape index (κ3) is 12.6. The van der Waals surface area contributed by atoms with Gasteiger partial charge in [-0.2, -0.15) is 24.9 Å². The monoisotopic (exact) mass is 967 g/mol. The highest BCUT2D eigenvalue weighted by Gasteiger charge is 2.40. The Morgan fingerprint density at radius 2 is 1.19 bits per heavy atom. The molecule has 3 heterocycles. The molecule has 67 heavy (non-hydrogen) atoms. The highest BCUT2D eigenvalue weighted by atomic mass is 32.2. The molecule has 3 fully saturated rings. The van der Waals surface area contributed by atoms with Crippen molar-refractivity contribution in [1.82, 2.24) is 20.4 Å². The van der Waals surface area contributed by atoms with Crippen molar-refractivity contribution < 1.29 is 51.4 Å². The molecular formula is C47H56F3N7O8S2. The number of ether oxygens (including phenoxy) is 2. The lowest BCUT2D eigenvalue weighted by molar-refractivity contribution is -0.138. The smallest absolute Gasteiger partial charge is 0.416 e. The van der Waals surface area contributed by atoms with Crippen molar-refractivity contribution in [2.24, 2.45) is 0 Å². The molecule has 1 unspecified atom stereocenters. The van der Waals surface area contributed by atoms with Gasteiger partial charge in [0.15, 0.2) is 0 Å². The molecule has 3 aromatic rings. The van der Waals surface area contributed by atoms with Crippen LogP contribution in [0.2, 0.25) is 0 Å². The topological polar surface area (TPSA) is 179 Å². The quantitative estimate of drug-likeness (QED) is 0.110. The molecule has 4 N–H and O–H groups in total. The number of amides is 6. The first kappa shape index (κ1) is 50.5. The molecule has 360 valence electrons. The molecule has 3 aliphatic rings. The van der Waals surface area contributed by atoms with Gasteiger partial charge in [-0.05, 0) is 134 Å². The summed E-state index contributed by atoms with van der Waals surface area (Å²) in [6, 6.07) is 15.7. The van der Waals surface area contributed by atoms with Crippen LogP contribution in [-0.2, 0) is 34.8 Å². The summed E-state index contributed by atoms with van der Waals surface area (Å²) in [6.45, 7) is 0.702. The maximum Gasteiger partial charge on any atom is 0.416 e. The number of nitrogens with one attached hydrogen (secondary N) is 4. The summed E-state index contributed by atoms with van der Waals surface area (Å²) in [5.74, 6) is -0.911. The molecule has 0 saturated carbocycles. The third-order valence-electron chi connectivity index (χ3n) is 12.2. The Labute approximate surface area is 396 Å². The van der Waals surface area contributed by atoms with Gasteiger partial charge in [-0.1, -0.05) is 24.3 Å². The van der Waals surface area contributed by atoms with E-state index in [0.717, 1.165) is 23.3 Å². The molecule has 0 radical (unpaired) electrons. The molecule has 6 amide bonds. The highest BCUT2D eigenvalue weighted by Crippen LogP contribution is 2.47. The maximum absolute atomic E-state index is 13.7. The minimum atomic E-state index is -4.52. The molecular weight excluding hydrogens is 912 g/mol. The van der Waals surface area contributed by atoms with Crippen LogP contribution in [0.5, 0.6) is 0 Å². The van der Waals surface area contributed by atoms with Crippen LogP contribution in [-0.4, -0.2) is 115 Å². The van der Waals surface area contributed by atoms with Crippen molar-refractivity contribution in [2.45, 2.75) is 87.4 Å². The predicted octanol–water partition coefficient (Wildman–Crippen LogP) is 7.73. The van der Waals surface area contributed by atoms with E-state index in [1.54, 1.807) is 35.7 Å². The summed E-state index contributed by atoms with van der Waals surface area (Å²) in [5.41, 5.74) is 2.55. The van der Waals surface area contributed by atoms with Crippen LogP contribution in [0.4, 0.5) is 39.8 Å². The second-order valence-electron chi connectivity index (χ2n) is 16.3. The SMILES string of the molecule is COC(=O)N[C@@H](/C=C/SC)C(=O)N1CCCC1C(=O)Nc1ccc([C@H]2CC[C@H](c3ccc(NC(=O)[C@@H]4CCCN4C(=O)[C@H](CCSC)NC(=O)OC)cc3)N2c2ccc(C(F)(F)F)cc2)cc1. The summed E-state index contributed by atoms with van der Waals surface area (Å²) < 4.78 is 50.5. The number of likely N-dealkylation sites (tertiary alicyclic amines) is 2. The second kappa shape index (κ2) is 23.2. The molecule has 6 rings (SSSR count). The fourth-order valence-electron chi connectivity index (χ4n) is 8.89. The minimum Gasteiger partial charge on any atom is -0.453 e. The van der Waals surface area contributed by atoms with Crippen LogP contribution in [0.3, 0.4) is 0 Å². The summed E-state index contributed by atoms with van der Waals surface area (Å²) in [4.78, 5) is 83.5. The lowest BCUT2D eigenvalue weighted by Gasteiger charge is -2.33. The van der Waals surface area contributed by atoms with Crippen molar-refractivity contribution in [2.75, 3.05) is 61.1 Å². The Hall–Kier alpha value is -5.89. The van der Waals surface area contributed by atoms with Crippen LogP contribution >= 0.6 is 23.5 Å². The van der Waals surface area contributed by atoms with Gasteiger partial charge in [-0.25, -0.2) is 9.59 Å². The lowest BCUT2D eigenvalue weighted by Crippen LogP contribution is -2.52. The Bertz CT molecular complexity index is 2250. The number of hydrogen-bond donors (Lipinski definition) is 4. The Morgan fingerprint density at radius 1 is 0.701 bits per heavy atom. The molecule has 0 spiro atoms. The van der Waals surface area contributed by atoms with Crippen LogP contribution in [0.15, 0.2) is 84.3 Å². The number of methoxy groups -OCH3 is 2. The van der Waals surface area contributed by atoms with Gasteiger partial charge in [-0.3, -0.25) is 19.2 Å². The van der Waals surface area contributed by atoms with Gasteiger partial charge in [0, 0.05) is 30.2 Å². The molecule has 0 aromatic heterocycles. The van der Waals surface area contributed by atoms with Crippen molar-refractivity contribution >= 4 is 76.4 Å². The number of alkyl halides is 3. The second-order valence-corrected chi connectivity index (χ2v) is 18.0. The van der Waals surface area contributed by atoms with Crippen LogP contribution < -0.4 is 26.2 Å². The number of thioether (sulfide) groups is 2. The average Bonchev–Trinajstić information content (AvgIpc) is 4.13. The standard InChI is InChI=1S/C47H56F3N7O8S2/c1-64-45(62)53-35(23-27-66-3)43(60)55-25-5-7-39(55)41(58)51-32-15-9-29(10-16-32)37-21-22-38(57(37)34-19-13-31(14-20-34)47(48,49)50)30-11-17-33(18-12-30)52-42(59)40-8-6-26-56(40)44(61)36(24-28-67-4)54-46(63)65-2/h9-20,23,27,35-40H,5-8,21-22,24-26,28H2,1-4H3,(H,51,58)(H,52,59)(H,53,62)(H,54,63)/b27-23+/t35-,36-,37+,38+,39?,40-/m0/s1. The minimum absolute atomic E-state index is 0.261. The van der Waals surface area contributed by atoms with Gasteiger partial charge >= 0.3 is 18.4 Å². The number of benzene rings is 3. The maximum atomic E-state index is 13.7. The van der Waals surface area contributed by atoms with Gasteiger partial charge in [0.1, 0.15) is 24.2 Å². The van der Waals surface area contributed by atoms with E-state index in [0.29, 0.717) is 80.9 Å². The Morgan fingerprint density at radius 3 is 1.66 bits per heavy atom. The number of nitrogens with zero attached hydrogens (tertiary/aromatic N) is 3. The van der Waals surface area contributed by atoms with E-state index in [4.69, 9.17) is 9.47 Å². The number of carbonyl (C=O) groups excluding carboxylic acids is 6. The first-order chi connectivity index (χ1) is 32.2. The average molecular weight is 968 g/mol. The van der Waals surface area contributed by atoms with Gasteiger partial charge in [0.2, 0.25) is 23.6 Å². The normalized spacial score (nSPS) is 20.3. The number of anilines is 3. The summed E-state index contributed by atoms with van der Waals surface area (Å²) >= 11 is 2.89. The Kier molecular flexibility index (Phi) is 17.5. The third-order valence-corrected chi connectivity index (χ3v) is 13.3. The molecule has 20 heteroatoms. The van der Waals surface area contributed by atoms with E-state index in [2.05, 4.69) is 26.2 Å². The van der Waals surface area contributed by atoms with Crippen LogP contribution in [0.25, 0.3) is 0 Å².